The first-order chi connectivity index (χ1) is 10.1. The van der Waals surface area contributed by atoms with Crippen LogP contribution in [-0.4, -0.2) is 61.5 Å². The van der Waals surface area contributed by atoms with Crippen LogP contribution in [0.4, 0.5) is 0 Å². The predicted molar refractivity (Wildman–Crippen MR) is 64.0 cm³/mol. The molecule has 9 nitrogen and oxygen atoms in total. The Kier molecular flexibility index (Phi) is 2.04. The number of fused-ring (bicyclic) bond motifs is 1. The summed E-state index contributed by atoms with van der Waals surface area (Å²) in [4.78, 5) is 24.0. The number of sulfone groups is 1. The van der Waals surface area contributed by atoms with E-state index in [4.69, 9.17) is 2.74 Å². The number of carboxylic acids is 1. The van der Waals surface area contributed by atoms with Gasteiger partial charge in [-0.25, -0.2) is 13.2 Å². The summed E-state index contributed by atoms with van der Waals surface area (Å²) in [5.41, 5.74) is 0. The standard InChI is InChI=1S/C10H12N4O5S/c1-10(5-13-3-2-11-12-13)8(9(16)17)14-6(15)4-7(14)20(10,18)19/h2-3,7-8H,4-5H2,1H3,(H,16,17)/t7-,8+,10+/m1/s1/i5D2,14+1. The smallest absolute Gasteiger partial charge is 0.328 e. The summed E-state index contributed by atoms with van der Waals surface area (Å²) < 4.78 is 40.1. The summed E-state index contributed by atoms with van der Waals surface area (Å²) in [5, 5.41) is 15.0. The number of nitrogens with zero attached hydrogens (tertiary/aromatic N) is 4. The molecule has 2 aliphatic heterocycles. The van der Waals surface area contributed by atoms with E-state index in [1.165, 1.54) is 0 Å². The fourth-order valence-electron chi connectivity index (χ4n) is 2.65. The first kappa shape index (κ1) is 10.8. The van der Waals surface area contributed by atoms with Gasteiger partial charge in [0.2, 0.25) is 5.91 Å². The van der Waals surface area contributed by atoms with E-state index in [9.17, 15) is 23.1 Å². The van der Waals surface area contributed by atoms with Gasteiger partial charge in [-0.2, -0.15) is 0 Å². The van der Waals surface area contributed by atoms with Crippen molar-refractivity contribution in [1.29, 1.82) is 0 Å². The average Bonchev–Trinajstić information content (AvgIpc) is 2.98. The van der Waals surface area contributed by atoms with Crippen molar-refractivity contribution in [1.82, 2.24) is 19.9 Å². The number of aliphatic carboxylic acids is 1. The molecule has 20 heavy (non-hydrogen) atoms. The van der Waals surface area contributed by atoms with Gasteiger partial charge in [0.15, 0.2) is 15.9 Å². The summed E-state index contributed by atoms with van der Waals surface area (Å²) >= 11 is 0. The second kappa shape index (κ2) is 3.78. The van der Waals surface area contributed by atoms with Crippen molar-refractivity contribution in [2.45, 2.75) is 36.0 Å². The molecule has 3 heterocycles. The molecule has 0 bridgehead atoms. The lowest BCUT2D eigenvalue weighted by Gasteiger charge is -2.35. The molecule has 0 unspecified atom stereocenters. The minimum absolute atomic E-state index is 0.338. The minimum Gasteiger partial charge on any atom is -0.480 e. The van der Waals surface area contributed by atoms with Crippen molar-refractivity contribution in [2.24, 2.45) is 0 Å². The maximum Gasteiger partial charge on any atom is 0.328 e. The molecule has 0 aromatic carbocycles. The number of aromatic nitrogens is 3. The van der Waals surface area contributed by atoms with E-state index in [0.717, 1.165) is 24.2 Å². The maximum atomic E-state index is 12.7. The molecule has 10 heteroatoms. The molecule has 0 aliphatic carbocycles. The summed E-state index contributed by atoms with van der Waals surface area (Å²) in [6.45, 7) is -1.71. The maximum absolute atomic E-state index is 12.7. The number of amides is 1. The molecule has 0 radical (unpaired) electrons. The molecule has 1 aromatic rings. The molecular weight excluding hydrogens is 289 g/mol. The highest BCUT2D eigenvalue weighted by molar-refractivity contribution is 7.93. The molecule has 2 saturated heterocycles. The largest absolute Gasteiger partial charge is 0.480 e. The molecule has 3 rings (SSSR count). The van der Waals surface area contributed by atoms with Gasteiger partial charge >= 0.3 is 5.97 Å². The van der Waals surface area contributed by atoms with Crippen molar-refractivity contribution in [2.75, 3.05) is 0 Å². The summed E-state index contributed by atoms with van der Waals surface area (Å²) in [6, 6.07) is -1.83. The van der Waals surface area contributed by atoms with E-state index in [1.807, 2.05) is 0 Å². The Balaban J connectivity index is 2.25. The van der Waals surface area contributed by atoms with Gasteiger partial charge in [-0.3, -0.25) is 9.48 Å². The minimum atomic E-state index is -4.28. The molecule has 2 fully saturated rings. The van der Waals surface area contributed by atoms with Crippen molar-refractivity contribution in [3.05, 3.63) is 12.4 Å². The number of hydrogen-bond donors (Lipinski definition) is 1. The number of β-lactam (4-membered cyclic amide) rings is 1. The van der Waals surface area contributed by atoms with E-state index in [2.05, 4.69) is 10.3 Å². The zero-order valence-electron chi connectivity index (χ0n) is 12.3. The molecule has 2 aliphatic rings. The summed E-state index contributed by atoms with van der Waals surface area (Å²) in [5.74, 6) is -2.20. The summed E-state index contributed by atoms with van der Waals surface area (Å²) in [7, 11) is -4.28. The van der Waals surface area contributed by atoms with Crippen LogP contribution < -0.4 is 0 Å². The van der Waals surface area contributed by atoms with Crippen LogP contribution in [0.5, 0.6) is 0 Å². The van der Waals surface area contributed by atoms with E-state index in [1.54, 1.807) is 0 Å². The Labute approximate surface area is 116 Å². The van der Waals surface area contributed by atoms with Crippen molar-refractivity contribution in [3.63, 3.8) is 0 Å². The number of hydrogen-bond acceptors (Lipinski definition) is 6. The molecule has 1 N–H and O–H groups in total. The zero-order chi connectivity index (χ0) is 16.5. The third kappa shape index (κ3) is 1.39. The fraction of sp³-hybridized carbons (Fsp3) is 0.600. The van der Waals surface area contributed by atoms with Gasteiger partial charge in [0.05, 0.1) is 21.9 Å². The lowest BCUT2D eigenvalue weighted by atomic mass is 10.0. The lowest BCUT2D eigenvalue weighted by molar-refractivity contribution is -0.157. The van der Waals surface area contributed by atoms with Crippen LogP contribution in [0.3, 0.4) is 0 Å². The topological polar surface area (TPSA) is 122 Å². The van der Waals surface area contributed by atoms with Crippen molar-refractivity contribution in [3.8, 4) is 0 Å². The lowest BCUT2D eigenvalue weighted by Crippen LogP contribution is -2.58. The van der Waals surface area contributed by atoms with Gasteiger partial charge in [0.1, 0.15) is 10.1 Å². The Morgan fingerprint density at radius 3 is 2.90 bits per heavy atom. The van der Waals surface area contributed by atoms with Crippen LogP contribution in [0.1, 0.15) is 16.1 Å². The van der Waals surface area contributed by atoms with Gasteiger partial charge in [-0.05, 0) is 6.92 Å². The number of carbonyl (C=O) groups is 2. The highest BCUT2D eigenvalue weighted by Gasteiger charge is 2.70. The molecule has 1 amide bonds. The van der Waals surface area contributed by atoms with Gasteiger partial charge in [0.25, 0.3) is 0 Å². The third-order valence-electron chi connectivity index (χ3n) is 3.69. The van der Waals surface area contributed by atoms with Gasteiger partial charge < -0.3 is 10.0 Å². The first-order valence-corrected chi connectivity index (χ1v) is 7.25. The molecule has 3 atom stereocenters. The van der Waals surface area contributed by atoms with Crippen molar-refractivity contribution < 1.29 is 25.9 Å². The van der Waals surface area contributed by atoms with Gasteiger partial charge in [-0.15, -0.1) is 5.10 Å². The van der Waals surface area contributed by atoms with Crippen LogP contribution >= 0.6 is 0 Å². The SMILES string of the molecule is [2H]C([2H])(n1ccnn1)[C@@]1(C)[C@H](C(=O)O)[15N]2C(=O)C[C@H]2S1(=O)=O. The normalized spacial score (nSPS) is 36.9. The number of rotatable bonds is 3. The molecular formula is C10H12N4O5S. The highest BCUT2D eigenvalue weighted by Crippen LogP contribution is 2.46. The Morgan fingerprint density at radius 1 is 1.70 bits per heavy atom. The van der Waals surface area contributed by atoms with E-state index in [-0.39, 0.29) is 6.42 Å². The predicted octanol–water partition coefficient (Wildman–Crippen LogP) is -1.52. The molecule has 1 aromatic heterocycles. The van der Waals surface area contributed by atoms with Crippen LogP contribution in [0, 0.1) is 0 Å². The number of carboxylic acid groups (broad SMARTS) is 1. The Bertz CT molecular complexity index is 764. The average molecular weight is 303 g/mol. The van der Waals surface area contributed by atoms with Crippen molar-refractivity contribution >= 4 is 21.7 Å². The monoisotopic (exact) mass is 303 g/mol. The summed E-state index contributed by atoms with van der Waals surface area (Å²) in [6.07, 6.45) is 1.92. The molecule has 0 spiro atoms. The second-order valence-corrected chi connectivity index (χ2v) is 7.29. The van der Waals surface area contributed by atoms with E-state index < -0.39 is 44.4 Å². The number of carbonyl (C=O) groups excluding carboxylic acids is 1. The Morgan fingerprint density at radius 2 is 2.40 bits per heavy atom. The van der Waals surface area contributed by atoms with Crippen LogP contribution in [-0.2, 0) is 25.9 Å². The molecule has 0 saturated carbocycles. The van der Waals surface area contributed by atoms with Gasteiger partial charge in [0, 0.05) is 6.20 Å². The van der Waals surface area contributed by atoms with E-state index in [0.29, 0.717) is 4.68 Å². The first-order valence-electron chi connectivity index (χ1n) is 6.71. The second-order valence-electron chi connectivity index (χ2n) is 4.81. The third-order valence-corrected chi connectivity index (χ3v) is 6.30. The molecule has 108 valence electrons. The van der Waals surface area contributed by atoms with Crippen LogP contribution in [0.2, 0.25) is 0 Å². The van der Waals surface area contributed by atoms with E-state index >= 15 is 0 Å². The van der Waals surface area contributed by atoms with Gasteiger partial charge in [-0.1, -0.05) is 5.21 Å². The van der Waals surface area contributed by atoms with Crippen LogP contribution in [0.15, 0.2) is 12.4 Å². The highest BCUT2D eigenvalue weighted by atomic mass is 32.2. The zero-order valence-corrected chi connectivity index (χ0v) is 11.1. The quantitative estimate of drug-likeness (QED) is 0.531. The fourth-order valence-corrected chi connectivity index (χ4v) is 4.86. The Hall–Kier alpha value is -1.97. The van der Waals surface area contributed by atoms with Crippen LogP contribution in [0.25, 0.3) is 0 Å².